The van der Waals surface area contributed by atoms with Crippen LogP contribution in [0.2, 0.25) is 5.02 Å². The Bertz CT molecular complexity index is 351. The van der Waals surface area contributed by atoms with Gasteiger partial charge in [0.05, 0.1) is 22.7 Å². The van der Waals surface area contributed by atoms with Gasteiger partial charge in [0.25, 0.3) is 0 Å². The summed E-state index contributed by atoms with van der Waals surface area (Å²) in [5.41, 5.74) is 0.162. The minimum Gasteiger partial charge on any atom is -0.390 e. The van der Waals surface area contributed by atoms with Gasteiger partial charge >= 0.3 is 0 Å². The van der Waals surface area contributed by atoms with Gasteiger partial charge in [0.2, 0.25) is 0 Å². The minimum atomic E-state index is -0.735. The summed E-state index contributed by atoms with van der Waals surface area (Å²) in [6.07, 6.45) is -0.735. The van der Waals surface area contributed by atoms with E-state index in [9.17, 15) is 9.50 Å². The topological polar surface area (TPSA) is 32.3 Å². The Hall–Kier alpha value is -0.0300. The summed E-state index contributed by atoms with van der Waals surface area (Å²) in [6.45, 7) is 0.149. The van der Waals surface area contributed by atoms with Crippen molar-refractivity contribution in [1.82, 2.24) is 0 Å². The molecule has 2 nitrogen and oxygen atoms in total. The molecule has 0 heterocycles. The van der Waals surface area contributed by atoms with Crippen LogP contribution in [0.15, 0.2) is 16.6 Å². The zero-order valence-corrected chi connectivity index (χ0v) is 10.7. The second-order valence-electron chi connectivity index (χ2n) is 2.91. The third-order valence-electron chi connectivity index (χ3n) is 1.74. The van der Waals surface area contributed by atoms with Gasteiger partial charge in [-0.3, -0.25) is 0 Å². The second-order valence-corrected chi connectivity index (χ2v) is 4.45. The van der Waals surface area contributed by atoms with Crippen LogP contribution in [-0.2, 0) is 0 Å². The van der Waals surface area contributed by atoms with Gasteiger partial charge in [0.1, 0.15) is 5.82 Å². The first-order valence-electron chi connectivity index (χ1n) is 4.17. The van der Waals surface area contributed by atoms with E-state index < -0.39 is 11.9 Å². The van der Waals surface area contributed by atoms with Crippen molar-refractivity contribution < 1.29 is 9.50 Å². The van der Waals surface area contributed by atoms with Crippen LogP contribution in [0.4, 0.5) is 10.1 Å². The Morgan fingerprint density at radius 1 is 1.53 bits per heavy atom. The van der Waals surface area contributed by atoms with Crippen LogP contribution in [0.5, 0.6) is 0 Å². The highest BCUT2D eigenvalue weighted by Crippen LogP contribution is 2.32. The van der Waals surface area contributed by atoms with Gasteiger partial charge in [0.15, 0.2) is 0 Å². The number of aliphatic hydroxyl groups is 1. The molecular weight excluding hydrogens is 308 g/mol. The summed E-state index contributed by atoms with van der Waals surface area (Å²) in [4.78, 5) is 0. The molecule has 1 aromatic carbocycles. The van der Waals surface area contributed by atoms with Crippen molar-refractivity contribution in [3.05, 3.63) is 27.4 Å². The average Bonchev–Trinajstić information content (AvgIpc) is 2.23. The van der Waals surface area contributed by atoms with Crippen LogP contribution in [-0.4, -0.2) is 23.6 Å². The number of aliphatic hydroxyl groups excluding tert-OH is 1. The number of rotatable bonds is 4. The number of nitrogens with one attached hydrogen (secondary N) is 1. The van der Waals surface area contributed by atoms with Crippen LogP contribution in [0.25, 0.3) is 0 Å². The third-order valence-corrected chi connectivity index (χ3v) is 3.37. The third kappa shape index (κ3) is 3.48. The van der Waals surface area contributed by atoms with E-state index in [1.54, 1.807) is 0 Å². The molecule has 15 heavy (non-hydrogen) atoms. The molecule has 0 aliphatic carbocycles. The predicted octanol–water partition coefficient (Wildman–Crippen LogP) is 3.25. The molecule has 1 atom stereocenters. The van der Waals surface area contributed by atoms with E-state index in [1.807, 2.05) is 0 Å². The van der Waals surface area contributed by atoms with E-state index in [2.05, 4.69) is 21.2 Å². The summed E-state index contributed by atoms with van der Waals surface area (Å²) in [6, 6.07) is 2.80. The molecule has 0 radical (unpaired) electrons. The normalized spacial score (nSPS) is 12.6. The molecule has 0 aliphatic rings. The van der Waals surface area contributed by atoms with Crippen molar-refractivity contribution in [3.63, 3.8) is 0 Å². The first kappa shape index (κ1) is 13.0. The zero-order valence-electron chi connectivity index (χ0n) is 7.61. The summed E-state index contributed by atoms with van der Waals surface area (Å²) in [7, 11) is 0. The van der Waals surface area contributed by atoms with Gasteiger partial charge in [-0.1, -0.05) is 11.6 Å². The van der Waals surface area contributed by atoms with Crippen molar-refractivity contribution in [2.24, 2.45) is 0 Å². The zero-order chi connectivity index (χ0) is 11.4. The molecule has 1 unspecified atom stereocenters. The summed E-state index contributed by atoms with van der Waals surface area (Å²) in [5.74, 6) is -0.384. The minimum absolute atomic E-state index is 0.0836. The Balaban J connectivity index is 2.80. The van der Waals surface area contributed by atoms with Gasteiger partial charge in [0, 0.05) is 11.0 Å². The lowest BCUT2D eigenvalue weighted by Crippen LogP contribution is -2.21. The molecular formula is C9H9BrCl2FNO. The molecule has 0 amide bonds. The summed E-state index contributed by atoms with van der Waals surface area (Å²) >= 11 is 14.4. The van der Waals surface area contributed by atoms with Crippen LogP contribution >= 0.6 is 39.1 Å². The van der Waals surface area contributed by atoms with E-state index in [4.69, 9.17) is 23.2 Å². The van der Waals surface area contributed by atoms with Crippen LogP contribution in [0.1, 0.15) is 0 Å². The van der Waals surface area contributed by atoms with E-state index >= 15 is 0 Å². The predicted molar refractivity (Wildman–Crippen MR) is 64.3 cm³/mol. The Kier molecular flexibility index (Phi) is 5.12. The SMILES string of the molecule is OC(CCl)CNc1c(F)ccc(Br)c1Cl. The molecule has 1 aromatic rings. The van der Waals surface area contributed by atoms with E-state index in [-0.39, 0.29) is 23.1 Å². The maximum absolute atomic E-state index is 13.3. The van der Waals surface area contributed by atoms with Crippen molar-refractivity contribution in [3.8, 4) is 0 Å². The van der Waals surface area contributed by atoms with Gasteiger partial charge in [-0.2, -0.15) is 0 Å². The van der Waals surface area contributed by atoms with E-state index in [0.717, 1.165) is 0 Å². The fourth-order valence-corrected chi connectivity index (χ4v) is 1.62. The monoisotopic (exact) mass is 315 g/mol. The molecule has 0 aromatic heterocycles. The lowest BCUT2D eigenvalue weighted by atomic mass is 10.3. The van der Waals surface area contributed by atoms with Crippen molar-refractivity contribution >= 4 is 44.8 Å². The van der Waals surface area contributed by atoms with Gasteiger partial charge in [-0.05, 0) is 28.1 Å². The first-order chi connectivity index (χ1) is 7.06. The molecule has 0 aliphatic heterocycles. The van der Waals surface area contributed by atoms with E-state index in [1.165, 1.54) is 12.1 Å². The lowest BCUT2D eigenvalue weighted by molar-refractivity contribution is 0.211. The number of alkyl halides is 1. The smallest absolute Gasteiger partial charge is 0.147 e. The van der Waals surface area contributed by atoms with Crippen molar-refractivity contribution in [2.75, 3.05) is 17.7 Å². The molecule has 0 saturated carbocycles. The largest absolute Gasteiger partial charge is 0.390 e. The molecule has 0 saturated heterocycles. The maximum Gasteiger partial charge on any atom is 0.147 e. The number of hydrogen-bond donors (Lipinski definition) is 2. The first-order valence-corrected chi connectivity index (χ1v) is 5.88. The molecule has 0 fully saturated rings. The molecule has 0 bridgehead atoms. The Labute approximate surface area is 106 Å². The van der Waals surface area contributed by atoms with Gasteiger partial charge in [-0.15, -0.1) is 11.6 Å². The number of hydrogen-bond acceptors (Lipinski definition) is 2. The number of anilines is 1. The van der Waals surface area contributed by atoms with E-state index in [0.29, 0.717) is 4.47 Å². The summed E-state index contributed by atoms with van der Waals surface area (Å²) in [5, 5.41) is 12.1. The Morgan fingerprint density at radius 2 is 2.20 bits per heavy atom. The van der Waals surface area contributed by atoms with Gasteiger partial charge < -0.3 is 10.4 Å². The fraction of sp³-hybridized carbons (Fsp3) is 0.333. The van der Waals surface area contributed by atoms with Crippen molar-refractivity contribution in [1.29, 1.82) is 0 Å². The van der Waals surface area contributed by atoms with Crippen molar-refractivity contribution in [2.45, 2.75) is 6.10 Å². The highest BCUT2D eigenvalue weighted by atomic mass is 79.9. The van der Waals surface area contributed by atoms with Gasteiger partial charge in [-0.25, -0.2) is 4.39 Å². The number of halogens is 4. The quantitative estimate of drug-likeness (QED) is 0.660. The lowest BCUT2D eigenvalue weighted by Gasteiger charge is -2.12. The van der Waals surface area contributed by atoms with Crippen LogP contribution in [0.3, 0.4) is 0 Å². The fourth-order valence-electron chi connectivity index (χ4n) is 0.964. The standard InChI is InChI=1S/C9H9BrCl2FNO/c10-6-1-2-7(13)9(8(6)12)14-4-5(15)3-11/h1-2,5,14-15H,3-4H2. The van der Waals surface area contributed by atoms with Crippen LogP contribution < -0.4 is 5.32 Å². The molecule has 2 N–H and O–H groups in total. The Morgan fingerprint density at radius 3 is 2.80 bits per heavy atom. The molecule has 6 heteroatoms. The highest BCUT2D eigenvalue weighted by molar-refractivity contribution is 9.10. The second kappa shape index (κ2) is 5.89. The molecule has 84 valence electrons. The molecule has 0 spiro atoms. The summed E-state index contributed by atoms with van der Waals surface area (Å²) < 4.78 is 13.9. The average molecular weight is 317 g/mol. The highest BCUT2D eigenvalue weighted by Gasteiger charge is 2.11. The molecule has 1 rings (SSSR count). The number of benzene rings is 1. The van der Waals surface area contributed by atoms with Crippen LogP contribution in [0, 0.1) is 5.82 Å². The maximum atomic E-state index is 13.3.